The molecule has 0 spiro atoms. The van der Waals surface area contributed by atoms with E-state index >= 15 is 0 Å². The lowest BCUT2D eigenvalue weighted by atomic mass is 9.97. The molecule has 0 aromatic heterocycles. The van der Waals surface area contributed by atoms with Crippen LogP contribution in [0.3, 0.4) is 0 Å². The van der Waals surface area contributed by atoms with Gasteiger partial charge >= 0.3 is 0 Å². The minimum Gasteiger partial charge on any atom is -0.0856 e. The van der Waals surface area contributed by atoms with Crippen LogP contribution in [0.1, 0.15) is 40.5 Å². The Labute approximate surface area is 67.2 Å². The molecule has 0 N–H and O–H groups in total. The third kappa shape index (κ3) is 4.95. The highest BCUT2D eigenvalue weighted by molar-refractivity contribution is 9.10. The molecule has 1 unspecified atom stereocenters. The highest BCUT2D eigenvalue weighted by Gasteiger charge is 2.18. The Morgan fingerprint density at radius 1 is 1.44 bits per heavy atom. The van der Waals surface area contributed by atoms with Gasteiger partial charge in [-0.05, 0) is 25.7 Å². The van der Waals surface area contributed by atoms with Crippen LogP contribution in [0.25, 0.3) is 0 Å². The summed E-state index contributed by atoms with van der Waals surface area (Å²) in [7, 11) is 0. The number of alkyl halides is 1. The van der Waals surface area contributed by atoms with E-state index in [-0.39, 0.29) is 0 Å². The van der Waals surface area contributed by atoms with Gasteiger partial charge in [0.1, 0.15) is 0 Å². The quantitative estimate of drug-likeness (QED) is 0.600. The summed E-state index contributed by atoms with van der Waals surface area (Å²) >= 11 is 3.68. The molecule has 0 radical (unpaired) electrons. The van der Waals surface area contributed by atoms with Crippen LogP contribution in [0.4, 0.5) is 0 Å². The van der Waals surface area contributed by atoms with Crippen molar-refractivity contribution >= 4 is 15.9 Å². The molecular formula is C8H17Br. The van der Waals surface area contributed by atoms with E-state index < -0.39 is 0 Å². The van der Waals surface area contributed by atoms with E-state index in [9.17, 15) is 0 Å². The fraction of sp³-hybridized carbons (Fsp3) is 1.00. The van der Waals surface area contributed by atoms with Gasteiger partial charge < -0.3 is 0 Å². The van der Waals surface area contributed by atoms with Crippen LogP contribution in [-0.2, 0) is 0 Å². The van der Waals surface area contributed by atoms with Crippen molar-refractivity contribution in [1.29, 1.82) is 0 Å². The van der Waals surface area contributed by atoms with Crippen molar-refractivity contribution in [3.05, 3.63) is 0 Å². The fourth-order valence-corrected chi connectivity index (χ4v) is 1.64. The van der Waals surface area contributed by atoms with Crippen LogP contribution in [0.5, 0.6) is 0 Å². The average molecular weight is 193 g/mol. The van der Waals surface area contributed by atoms with Crippen LogP contribution in [0.2, 0.25) is 0 Å². The summed E-state index contributed by atoms with van der Waals surface area (Å²) < 4.78 is 0.376. The zero-order chi connectivity index (χ0) is 7.49. The number of rotatable bonds is 3. The van der Waals surface area contributed by atoms with Gasteiger partial charge in [-0.1, -0.05) is 36.7 Å². The van der Waals surface area contributed by atoms with Gasteiger partial charge in [0.25, 0.3) is 0 Å². The van der Waals surface area contributed by atoms with Gasteiger partial charge in [0.05, 0.1) is 0 Å². The van der Waals surface area contributed by atoms with Crippen molar-refractivity contribution in [3.8, 4) is 0 Å². The Kier molecular flexibility index (Phi) is 3.79. The highest BCUT2D eigenvalue weighted by Crippen LogP contribution is 2.28. The minimum absolute atomic E-state index is 0.376. The average Bonchev–Trinajstić information content (AvgIpc) is 1.63. The molecule has 0 saturated carbocycles. The lowest BCUT2D eigenvalue weighted by Crippen LogP contribution is -2.16. The Morgan fingerprint density at radius 2 is 1.89 bits per heavy atom. The molecule has 1 atom stereocenters. The maximum Gasteiger partial charge on any atom is 0.0229 e. The molecule has 9 heavy (non-hydrogen) atoms. The molecule has 0 rings (SSSR count). The first-order valence-corrected chi connectivity index (χ1v) is 4.46. The van der Waals surface area contributed by atoms with Crippen molar-refractivity contribution in [2.45, 2.75) is 44.9 Å². The van der Waals surface area contributed by atoms with Crippen molar-refractivity contribution in [3.63, 3.8) is 0 Å². The van der Waals surface area contributed by atoms with E-state index in [1.165, 1.54) is 12.8 Å². The maximum absolute atomic E-state index is 3.68. The summed E-state index contributed by atoms with van der Waals surface area (Å²) in [6.45, 7) is 8.99. The standard InChI is InChI=1S/C8H17Br/c1-5-8(4,9)6-7(2)3/h7H,5-6H2,1-4H3. The maximum atomic E-state index is 3.68. The summed E-state index contributed by atoms with van der Waals surface area (Å²) in [5.41, 5.74) is 0. The Bertz CT molecular complexity index is 74.6. The molecule has 0 aliphatic carbocycles. The zero-order valence-electron chi connectivity index (χ0n) is 6.87. The molecule has 1 heteroatoms. The predicted octanol–water partition coefficient (Wildman–Crippen LogP) is 3.60. The van der Waals surface area contributed by atoms with Crippen LogP contribution in [0.15, 0.2) is 0 Å². The van der Waals surface area contributed by atoms with Gasteiger partial charge in [-0.2, -0.15) is 0 Å². The molecule has 0 nitrogen and oxygen atoms in total. The summed E-state index contributed by atoms with van der Waals surface area (Å²) in [6, 6.07) is 0. The largest absolute Gasteiger partial charge is 0.0856 e. The molecule has 0 fully saturated rings. The molecule has 0 aliphatic heterocycles. The van der Waals surface area contributed by atoms with E-state index in [0.717, 1.165) is 5.92 Å². The van der Waals surface area contributed by atoms with E-state index in [4.69, 9.17) is 0 Å². The second-order valence-electron chi connectivity index (χ2n) is 3.36. The van der Waals surface area contributed by atoms with Crippen LogP contribution < -0.4 is 0 Å². The highest BCUT2D eigenvalue weighted by atomic mass is 79.9. The number of hydrogen-bond acceptors (Lipinski definition) is 0. The van der Waals surface area contributed by atoms with Gasteiger partial charge in [-0.25, -0.2) is 0 Å². The lowest BCUT2D eigenvalue weighted by Gasteiger charge is -2.22. The van der Waals surface area contributed by atoms with E-state index in [2.05, 4.69) is 43.6 Å². The predicted molar refractivity (Wildman–Crippen MR) is 47.1 cm³/mol. The fourth-order valence-electron chi connectivity index (χ4n) is 0.996. The number of halogens is 1. The molecule has 0 aromatic carbocycles. The van der Waals surface area contributed by atoms with E-state index in [1.54, 1.807) is 0 Å². The minimum atomic E-state index is 0.376. The second-order valence-corrected chi connectivity index (χ2v) is 5.28. The molecule has 0 saturated heterocycles. The summed E-state index contributed by atoms with van der Waals surface area (Å²) in [5, 5.41) is 0. The topological polar surface area (TPSA) is 0 Å². The Balaban J connectivity index is 3.58. The smallest absolute Gasteiger partial charge is 0.0229 e. The second kappa shape index (κ2) is 3.60. The molecule has 56 valence electrons. The SMILES string of the molecule is CCC(C)(Br)CC(C)C. The normalized spacial score (nSPS) is 18.0. The monoisotopic (exact) mass is 192 g/mol. The summed E-state index contributed by atoms with van der Waals surface area (Å²) in [6.07, 6.45) is 2.48. The molecule has 0 heterocycles. The molecule has 0 aliphatic rings. The van der Waals surface area contributed by atoms with Crippen molar-refractivity contribution in [2.75, 3.05) is 0 Å². The third-order valence-electron chi connectivity index (χ3n) is 1.57. The van der Waals surface area contributed by atoms with Crippen LogP contribution in [-0.4, -0.2) is 4.32 Å². The summed E-state index contributed by atoms with van der Waals surface area (Å²) in [5.74, 6) is 0.800. The zero-order valence-corrected chi connectivity index (χ0v) is 8.46. The number of hydrogen-bond donors (Lipinski definition) is 0. The Morgan fingerprint density at radius 3 is 2.00 bits per heavy atom. The van der Waals surface area contributed by atoms with E-state index in [1.807, 2.05) is 0 Å². The van der Waals surface area contributed by atoms with Crippen LogP contribution >= 0.6 is 15.9 Å². The molecular weight excluding hydrogens is 176 g/mol. The first kappa shape index (κ1) is 9.48. The first-order valence-electron chi connectivity index (χ1n) is 3.67. The Hall–Kier alpha value is 0.480. The van der Waals surface area contributed by atoms with Crippen molar-refractivity contribution < 1.29 is 0 Å². The van der Waals surface area contributed by atoms with Gasteiger partial charge in [0.2, 0.25) is 0 Å². The molecule has 0 amide bonds. The van der Waals surface area contributed by atoms with E-state index in [0.29, 0.717) is 4.32 Å². The first-order chi connectivity index (χ1) is 3.98. The van der Waals surface area contributed by atoms with Crippen molar-refractivity contribution in [1.82, 2.24) is 0 Å². The van der Waals surface area contributed by atoms with Gasteiger partial charge in [-0.3, -0.25) is 0 Å². The van der Waals surface area contributed by atoms with Gasteiger partial charge in [-0.15, -0.1) is 0 Å². The summed E-state index contributed by atoms with van der Waals surface area (Å²) in [4.78, 5) is 0. The molecule has 0 bridgehead atoms. The van der Waals surface area contributed by atoms with Crippen molar-refractivity contribution in [2.24, 2.45) is 5.92 Å². The van der Waals surface area contributed by atoms with Gasteiger partial charge in [0, 0.05) is 4.32 Å². The van der Waals surface area contributed by atoms with Gasteiger partial charge in [0.15, 0.2) is 0 Å². The molecule has 0 aromatic rings. The lowest BCUT2D eigenvalue weighted by molar-refractivity contribution is 0.474. The van der Waals surface area contributed by atoms with Crippen LogP contribution in [0, 0.1) is 5.92 Å². The third-order valence-corrected chi connectivity index (χ3v) is 2.46.